The standard InChI is InChI=1S/C12H21N2O2/c1-2-3-4-5-6-7-10-8-9-13-12(15)11(10)14(13)16/h10-11H,2-9H2,1H3/q+1. The quantitative estimate of drug-likeness (QED) is 0.514. The molecule has 3 rings (SSSR count). The largest absolute Gasteiger partial charge is 0.357 e. The lowest BCUT2D eigenvalue weighted by Crippen LogP contribution is -2.69. The molecular formula is C12H21N2O2+. The smallest absolute Gasteiger partial charge is 0.261 e. The van der Waals surface area contributed by atoms with E-state index in [-0.39, 0.29) is 11.9 Å². The highest BCUT2D eigenvalue weighted by atomic mass is 16.4. The van der Waals surface area contributed by atoms with Crippen molar-refractivity contribution in [3.8, 4) is 0 Å². The van der Waals surface area contributed by atoms with Crippen LogP contribution in [-0.2, 0) is 4.79 Å². The van der Waals surface area contributed by atoms with Crippen molar-refractivity contribution in [2.45, 2.75) is 57.9 Å². The van der Waals surface area contributed by atoms with E-state index in [0.29, 0.717) is 12.5 Å². The summed E-state index contributed by atoms with van der Waals surface area (Å²) in [6.07, 6.45) is 8.32. The molecule has 4 nitrogen and oxygen atoms in total. The number of unbranched alkanes of at least 4 members (excludes halogenated alkanes) is 4. The van der Waals surface area contributed by atoms with E-state index in [2.05, 4.69) is 6.92 Å². The van der Waals surface area contributed by atoms with Crippen LogP contribution in [0.5, 0.6) is 0 Å². The number of carbonyl (C=O) groups excluding carboxylic acids is 1. The van der Waals surface area contributed by atoms with Gasteiger partial charge in [0.05, 0.1) is 11.5 Å². The molecule has 2 atom stereocenters. The van der Waals surface area contributed by atoms with Crippen molar-refractivity contribution in [1.82, 2.24) is 5.01 Å². The summed E-state index contributed by atoms with van der Waals surface area (Å²) in [5.41, 5.74) is 0. The van der Waals surface area contributed by atoms with Crippen molar-refractivity contribution in [3.63, 3.8) is 0 Å². The molecule has 0 aliphatic carbocycles. The zero-order valence-electron chi connectivity index (χ0n) is 10.0. The second-order valence-corrected chi connectivity index (χ2v) is 4.96. The van der Waals surface area contributed by atoms with E-state index >= 15 is 0 Å². The first kappa shape index (κ1) is 11.6. The van der Waals surface area contributed by atoms with Gasteiger partial charge in [-0.1, -0.05) is 44.0 Å². The number of amides is 1. The predicted octanol–water partition coefficient (Wildman–Crippen LogP) is 2.27. The van der Waals surface area contributed by atoms with E-state index in [0.717, 1.165) is 17.7 Å². The second-order valence-electron chi connectivity index (χ2n) is 4.96. The molecule has 90 valence electrons. The summed E-state index contributed by atoms with van der Waals surface area (Å²) >= 11 is 0. The topological polar surface area (TPSA) is 40.4 Å². The molecule has 1 amide bonds. The Morgan fingerprint density at radius 1 is 1.31 bits per heavy atom. The van der Waals surface area contributed by atoms with Gasteiger partial charge in [-0.15, -0.1) is 0 Å². The Labute approximate surface area is 96.5 Å². The maximum Gasteiger partial charge on any atom is 0.357 e. The fourth-order valence-corrected chi connectivity index (χ4v) is 2.79. The van der Waals surface area contributed by atoms with Crippen LogP contribution in [0.4, 0.5) is 0 Å². The van der Waals surface area contributed by atoms with Gasteiger partial charge in [-0.05, 0) is 12.8 Å². The van der Waals surface area contributed by atoms with E-state index in [9.17, 15) is 9.70 Å². The molecule has 4 heteroatoms. The van der Waals surface area contributed by atoms with E-state index in [4.69, 9.17) is 0 Å². The molecule has 0 aromatic rings. The molecule has 0 radical (unpaired) electrons. The SMILES string of the molecule is CCCCCCCC1CCN2C(=O)C1[N+]2=O. The minimum atomic E-state index is -0.333. The number of hydrogen-bond donors (Lipinski definition) is 0. The van der Waals surface area contributed by atoms with Crippen LogP contribution in [0.15, 0.2) is 0 Å². The molecule has 3 saturated heterocycles. The summed E-state index contributed by atoms with van der Waals surface area (Å²) in [6, 6.07) is -0.333. The maximum absolute atomic E-state index is 11.5. The lowest BCUT2D eigenvalue weighted by Gasteiger charge is -2.36. The summed E-state index contributed by atoms with van der Waals surface area (Å²) in [6.45, 7) is 2.84. The van der Waals surface area contributed by atoms with Crippen molar-refractivity contribution in [2.24, 2.45) is 5.92 Å². The van der Waals surface area contributed by atoms with E-state index in [1.165, 1.54) is 37.1 Å². The summed E-state index contributed by atoms with van der Waals surface area (Å²) in [4.78, 5) is 23.8. The molecule has 3 aliphatic heterocycles. The highest BCUT2D eigenvalue weighted by Gasteiger charge is 2.63. The van der Waals surface area contributed by atoms with Crippen molar-refractivity contribution in [3.05, 3.63) is 4.91 Å². The van der Waals surface area contributed by atoms with Gasteiger partial charge < -0.3 is 0 Å². The first-order chi connectivity index (χ1) is 7.75. The van der Waals surface area contributed by atoms with Crippen molar-refractivity contribution in [2.75, 3.05) is 6.54 Å². The summed E-state index contributed by atoms with van der Waals surface area (Å²) in [7, 11) is 0. The Morgan fingerprint density at radius 3 is 2.69 bits per heavy atom. The lowest BCUT2D eigenvalue weighted by atomic mass is 9.84. The van der Waals surface area contributed by atoms with Crippen LogP contribution >= 0.6 is 0 Å². The van der Waals surface area contributed by atoms with Crippen LogP contribution in [0.1, 0.15) is 51.9 Å². The average molecular weight is 225 g/mol. The van der Waals surface area contributed by atoms with Crippen LogP contribution < -0.4 is 0 Å². The van der Waals surface area contributed by atoms with Gasteiger partial charge in [-0.2, -0.15) is 0 Å². The van der Waals surface area contributed by atoms with Crippen molar-refractivity contribution in [1.29, 1.82) is 0 Å². The first-order valence-electron chi connectivity index (χ1n) is 6.53. The number of nitrogens with zero attached hydrogens (tertiary/aromatic N) is 2. The first-order valence-corrected chi connectivity index (χ1v) is 6.53. The summed E-state index contributed by atoms with van der Waals surface area (Å²) < 4.78 is 0. The third-order valence-electron chi connectivity index (χ3n) is 3.82. The third kappa shape index (κ3) is 1.97. The molecule has 3 heterocycles. The number of hydrazine groups is 1. The van der Waals surface area contributed by atoms with Crippen LogP contribution in [0, 0.1) is 10.8 Å². The van der Waals surface area contributed by atoms with Crippen molar-refractivity contribution >= 4 is 5.91 Å². The molecule has 16 heavy (non-hydrogen) atoms. The number of carbonyl (C=O) groups is 1. The molecule has 3 fully saturated rings. The van der Waals surface area contributed by atoms with Gasteiger partial charge in [0.25, 0.3) is 0 Å². The maximum atomic E-state index is 11.5. The lowest BCUT2D eigenvalue weighted by molar-refractivity contribution is -0.766. The molecule has 0 saturated carbocycles. The third-order valence-corrected chi connectivity index (χ3v) is 3.82. The van der Waals surface area contributed by atoms with Crippen LogP contribution in [-0.4, -0.2) is 28.4 Å². The van der Waals surface area contributed by atoms with Crippen LogP contribution in [0.3, 0.4) is 0 Å². The molecule has 0 aromatic heterocycles. The van der Waals surface area contributed by atoms with Gasteiger partial charge in [0.1, 0.15) is 4.87 Å². The Kier molecular flexibility index (Phi) is 3.56. The normalized spacial score (nSPS) is 28.2. The van der Waals surface area contributed by atoms with E-state index in [1.807, 2.05) is 0 Å². The minimum absolute atomic E-state index is 0.0554. The molecule has 0 aromatic carbocycles. The molecule has 0 spiro atoms. The number of piperidine rings is 1. The zero-order valence-corrected chi connectivity index (χ0v) is 10.0. The van der Waals surface area contributed by atoms with Crippen LogP contribution in [0.25, 0.3) is 0 Å². The molecule has 3 aliphatic rings. The number of fused-ring (bicyclic) bond motifs is 2. The molecule has 0 N–H and O–H groups in total. The second kappa shape index (κ2) is 4.93. The van der Waals surface area contributed by atoms with Gasteiger partial charge >= 0.3 is 11.9 Å². The van der Waals surface area contributed by atoms with Gasteiger partial charge in [0, 0.05) is 5.92 Å². The van der Waals surface area contributed by atoms with E-state index in [1.54, 1.807) is 0 Å². The van der Waals surface area contributed by atoms with E-state index < -0.39 is 0 Å². The Balaban J connectivity index is 1.70. The Hall–Kier alpha value is -0.930. The van der Waals surface area contributed by atoms with Gasteiger partial charge in [-0.25, -0.2) is 0 Å². The summed E-state index contributed by atoms with van der Waals surface area (Å²) in [5, 5.41) is 1.33. The highest BCUT2D eigenvalue weighted by molar-refractivity contribution is 5.83. The Bertz CT molecular complexity index is 275. The summed E-state index contributed by atoms with van der Waals surface area (Å²) in [5.74, 6) is 0.372. The Morgan fingerprint density at radius 2 is 2.06 bits per heavy atom. The van der Waals surface area contributed by atoms with Gasteiger partial charge in [0.2, 0.25) is 0 Å². The predicted molar refractivity (Wildman–Crippen MR) is 60.6 cm³/mol. The highest BCUT2D eigenvalue weighted by Crippen LogP contribution is 2.33. The molecular weight excluding hydrogens is 204 g/mol. The molecule has 2 unspecified atom stereocenters. The molecule has 2 bridgehead atoms. The number of hydrogen-bond acceptors (Lipinski definition) is 2. The fourth-order valence-electron chi connectivity index (χ4n) is 2.79. The number of nitroso groups, excluding NO2 is 1. The van der Waals surface area contributed by atoms with Crippen molar-refractivity contribution < 1.29 is 9.66 Å². The van der Waals surface area contributed by atoms with Gasteiger partial charge in [0.15, 0.2) is 0 Å². The minimum Gasteiger partial charge on any atom is -0.261 e. The monoisotopic (exact) mass is 225 g/mol. The fraction of sp³-hybridized carbons (Fsp3) is 0.917. The number of rotatable bonds is 6. The van der Waals surface area contributed by atoms with Gasteiger partial charge in [-0.3, -0.25) is 4.79 Å². The van der Waals surface area contributed by atoms with Crippen LogP contribution in [0.2, 0.25) is 0 Å². The zero-order chi connectivity index (χ0) is 11.5. The average Bonchev–Trinajstić information content (AvgIpc) is 2.30.